The normalized spacial score (nSPS) is 20.0. The number of fused-ring (bicyclic) bond motifs is 1. The average Bonchev–Trinajstić information content (AvgIpc) is 2.91. The maximum absolute atomic E-state index is 11.4. The Morgan fingerprint density at radius 2 is 2.24 bits per heavy atom. The molecule has 3 heterocycles. The summed E-state index contributed by atoms with van der Waals surface area (Å²) in [5, 5.41) is 14.0. The van der Waals surface area contributed by atoms with Crippen molar-refractivity contribution in [2.45, 2.75) is 13.0 Å². The molecule has 0 aromatic carbocycles. The van der Waals surface area contributed by atoms with E-state index < -0.39 is 15.8 Å². The van der Waals surface area contributed by atoms with E-state index in [1.807, 2.05) is 0 Å². The molecule has 0 bridgehead atoms. The zero-order chi connectivity index (χ0) is 15.2. The van der Waals surface area contributed by atoms with Crippen LogP contribution in [0.15, 0.2) is 17.8 Å². The van der Waals surface area contributed by atoms with Crippen LogP contribution in [-0.2, 0) is 9.84 Å². The third-order valence-electron chi connectivity index (χ3n) is 3.17. The fraction of sp³-hybridized carbons (Fsp3) is 0.250. The van der Waals surface area contributed by atoms with Gasteiger partial charge in [-0.25, -0.2) is 23.2 Å². The highest BCUT2D eigenvalue weighted by Gasteiger charge is 2.24. The van der Waals surface area contributed by atoms with Gasteiger partial charge in [0.2, 0.25) is 0 Å². The van der Waals surface area contributed by atoms with Crippen molar-refractivity contribution in [3.8, 4) is 0 Å². The Morgan fingerprint density at radius 3 is 2.86 bits per heavy atom. The molecule has 2 N–H and O–H groups in total. The molecule has 2 aromatic rings. The molecule has 2 aromatic heterocycles. The molecule has 0 spiro atoms. The highest BCUT2D eigenvalue weighted by Crippen LogP contribution is 2.33. The summed E-state index contributed by atoms with van der Waals surface area (Å²) >= 11 is 1.08. The van der Waals surface area contributed by atoms with Crippen molar-refractivity contribution in [2.24, 2.45) is 0 Å². The summed E-state index contributed by atoms with van der Waals surface area (Å²) in [6, 6.07) is -0.374. The van der Waals surface area contributed by atoms with Crippen molar-refractivity contribution in [1.29, 1.82) is 0 Å². The van der Waals surface area contributed by atoms with Gasteiger partial charge in [-0.2, -0.15) is 0 Å². The smallest absolute Gasteiger partial charge is 0.346 e. The van der Waals surface area contributed by atoms with E-state index in [0.29, 0.717) is 21.6 Å². The second kappa shape index (κ2) is 4.78. The zero-order valence-corrected chi connectivity index (χ0v) is 12.5. The molecule has 9 heteroatoms. The number of nitrogens with one attached hydrogen (secondary N) is 1. The molecule has 1 atom stereocenters. The van der Waals surface area contributed by atoms with E-state index in [-0.39, 0.29) is 16.7 Å². The number of sulfone groups is 1. The number of thiophene rings is 1. The summed E-state index contributed by atoms with van der Waals surface area (Å²) in [5.74, 6) is -0.592. The summed E-state index contributed by atoms with van der Waals surface area (Å²) in [5.41, 5.74) is 0.579. The number of carbonyl (C=O) groups is 1. The highest BCUT2D eigenvalue weighted by atomic mass is 32.2. The summed E-state index contributed by atoms with van der Waals surface area (Å²) in [4.78, 5) is 20.1. The zero-order valence-electron chi connectivity index (χ0n) is 10.9. The second-order valence-corrected chi connectivity index (χ2v) is 7.60. The fourth-order valence-electron chi connectivity index (χ4n) is 2.23. The van der Waals surface area contributed by atoms with E-state index in [0.717, 1.165) is 11.3 Å². The molecule has 0 aliphatic carbocycles. The van der Waals surface area contributed by atoms with E-state index in [9.17, 15) is 13.2 Å². The van der Waals surface area contributed by atoms with Gasteiger partial charge in [0, 0.05) is 5.41 Å². The molecule has 0 radical (unpaired) electrons. The Kier molecular flexibility index (Phi) is 3.18. The number of rotatable bonds is 3. The topological polar surface area (TPSA) is 109 Å². The highest BCUT2D eigenvalue weighted by molar-refractivity contribution is 7.94. The Bertz CT molecular complexity index is 870. The van der Waals surface area contributed by atoms with Gasteiger partial charge in [0.05, 0.1) is 17.2 Å². The minimum atomic E-state index is -3.17. The fourth-order valence-corrected chi connectivity index (χ4v) is 4.45. The van der Waals surface area contributed by atoms with Crippen LogP contribution >= 0.6 is 11.3 Å². The van der Waals surface area contributed by atoms with Crippen LogP contribution in [0.2, 0.25) is 0 Å². The molecule has 7 nitrogen and oxygen atoms in total. The summed E-state index contributed by atoms with van der Waals surface area (Å²) in [6.07, 6.45) is 2.89. The molecule has 1 aliphatic rings. The van der Waals surface area contributed by atoms with Gasteiger partial charge < -0.3 is 10.4 Å². The maximum atomic E-state index is 11.4. The van der Waals surface area contributed by atoms with Crippen molar-refractivity contribution in [3.05, 3.63) is 28.3 Å². The van der Waals surface area contributed by atoms with Gasteiger partial charge >= 0.3 is 5.97 Å². The molecular weight excluding hydrogens is 314 g/mol. The van der Waals surface area contributed by atoms with Gasteiger partial charge in [0.15, 0.2) is 9.84 Å². The van der Waals surface area contributed by atoms with E-state index in [1.165, 1.54) is 11.7 Å². The van der Waals surface area contributed by atoms with Gasteiger partial charge in [-0.15, -0.1) is 11.3 Å². The molecule has 21 heavy (non-hydrogen) atoms. The Labute approximate surface area is 124 Å². The first kappa shape index (κ1) is 14.0. The first-order valence-electron chi connectivity index (χ1n) is 6.02. The van der Waals surface area contributed by atoms with Gasteiger partial charge in [0.25, 0.3) is 0 Å². The van der Waals surface area contributed by atoms with Crippen LogP contribution in [0.25, 0.3) is 10.2 Å². The SMILES string of the molecule is Cc1c(C(=O)O)sc2ncnc(NC3C=CS(=O)(=O)C3)c12. The number of hydrogen-bond donors (Lipinski definition) is 2. The van der Waals surface area contributed by atoms with Crippen LogP contribution in [0.4, 0.5) is 5.82 Å². The molecule has 0 amide bonds. The number of aromatic nitrogens is 2. The molecule has 0 saturated heterocycles. The number of aryl methyl sites for hydroxylation is 1. The number of carboxylic acids is 1. The lowest BCUT2D eigenvalue weighted by Crippen LogP contribution is -2.21. The Morgan fingerprint density at radius 1 is 1.48 bits per heavy atom. The molecule has 1 unspecified atom stereocenters. The lowest BCUT2D eigenvalue weighted by atomic mass is 10.2. The lowest BCUT2D eigenvalue weighted by molar-refractivity contribution is 0.0701. The minimum absolute atomic E-state index is 0.0343. The molecule has 1 aliphatic heterocycles. The van der Waals surface area contributed by atoms with E-state index >= 15 is 0 Å². The van der Waals surface area contributed by atoms with Gasteiger partial charge in [-0.05, 0) is 18.6 Å². The van der Waals surface area contributed by atoms with E-state index in [4.69, 9.17) is 5.11 Å². The van der Waals surface area contributed by atoms with E-state index in [1.54, 1.807) is 13.0 Å². The Hall–Kier alpha value is -2.00. The largest absolute Gasteiger partial charge is 0.477 e. The summed E-state index contributed by atoms with van der Waals surface area (Å²) in [6.45, 7) is 1.69. The molecule has 3 rings (SSSR count). The third-order valence-corrected chi connectivity index (χ3v) is 5.76. The van der Waals surface area contributed by atoms with Gasteiger partial charge in [0.1, 0.15) is 21.9 Å². The second-order valence-electron chi connectivity index (χ2n) is 4.67. The van der Waals surface area contributed by atoms with Crippen molar-refractivity contribution >= 4 is 43.2 Å². The van der Waals surface area contributed by atoms with Crippen molar-refractivity contribution in [1.82, 2.24) is 9.97 Å². The van der Waals surface area contributed by atoms with E-state index in [2.05, 4.69) is 15.3 Å². The number of anilines is 1. The van der Waals surface area contributed by atoms with Crippen LogP contribution < -0.4 is 5.32 Å². The van der Waals surface area contributed by atoms with Crippen molar-refractivity contribution < 1.29 is 18.3 Å². The first-order valence-corrected chi connectivity index (χ1v) is 8.55. The summed E-state index contributed by atoms with van der Waals surface area (Å²) in [7, 11) is -3.17. The summed E-state index contributed by atoms with van der Waals surface area (Å²) < 4.78 is 22.8. The number of hydrogen-bond acceptors (Lipinski definition) is 7. The Balaban J connectivity index is 2.03. The van der Waals surface area contributed by atoms with Gasteiger partial charge in [-0.3, -0.25) is 0 Å². The van der Waals surface area contributed by atoms with Gasteiger partial charge in [-0.1, -0.05) is 0 Å². The average molecular weight is 325 g/mol. The molecule has 0 fully saturated rings. The number of nitrogens with zero attached hydrogens (tertiary/aromatic N) is 2. The quantitative estimate of drug-likeness (QED) is 0.878. The van der Waals surface area contributed by atoms with Crippen molar-refractivity contribution in [3.63, 3.8) is 0 Å². The van der Waals surface area contributed by atoms with Crippen molar-refractivity contribution in [2.75, 3.05) is 11.1 Å². The molecular formula is C12H11N3O4S2. The predicted octanol–water partition coefficient (Wildman–Crippen LogP) is 1.42. The van der Waals surface area contributed by atoms with Crippen LogP contribution in [0.5, 0.6) is 0 Å². The minimum Gasteiger partial charge on any atom is -0.477 e. The third kappa shape index (κ3) is 2.49. The van der Waals surface area contributed by atoms with Crippen LogP contribution in [0.1, 0.15) is 15.2 Å². The number of carboxylic acid groups (broad SMARTS) is 1. The predicted molar refractivity (Wildman–Crippen MR) is 79.4 cm³/mol. The monoisotopic (exact) mass is 325 g/mol. The molecule has 110 valence electrons. The lowest BCUT2D eigenvalue weighted by Gasteiger charge is -2.11. The first-order chi connectivity index (χ1) is 9.87. The van der Waals surface area contributed by atoms with Crippen LogP contribution in [0, 0.1) is 6.92 Å². The van der Waals surface area contributed by atoms with Crippen LogP contribution in [0.3, 0.4) is 0 Å². The number of aromatic carboxylic acids is 1. The van der Waals surface area contributed by atoms with Crippen LogP contribution in [-0.4, -0.2) is 41.3 Å². The maximum Gasteiger partial charge on any atom is 0.346 e. The molecule has 0 saturated carbocycles. The standard InChI is InChI=1S/C12H11N3O4S2/c1-6-8-10(15-7-2-3-21(18,19)4-7)13-5-14-11(8)20-9(6)12(16)17/h2-3,5,7H,4H2,1H3,(H,16,17)(H,13,14,15).